The minimum absolute atomic E-state index is 0.0963. The van der Waals surface area contributed by atoms with E-state index >= 15 is 0 Å². The van der Waals surface area contributed by atoms with Gasteiger partial charge >= 0.3 is 0 Å². The summed E-state index contributed by atoms with van der Waals surface area (Å²) in [7, 11) is 0. The smallest absolute Gasteiger partial charge is 0.0622 e. The van der Waals surface area contributed by atoms with Gasteiger partial charge in [0.05, 0.1) is 10.8 Å². The van der Waals surface area contributed by atoms with Gasteiger partial charge in [0.2, 0.25) is 0 Å². The highest BCUT2D eigenvalue weighted by Gasteiger charge is 2.57. The number of benzene rings is 12. The molecule has 0 spiro atoms. The second-order valence-corrected chi connectivity index (χ2v) is 22.1. The van der Waals surface area contributed by atoms with Crippen LogP contribution in [0.5, 0.6) is 0 Å². The van der Waals surface area contributed by atoms with Crippen LogP contribution in [0.3, 0.4) is 0 Å². The van der Waals surface area contributed by atoms with Gasteiger partial charge in [0.15, 0.2) is 0 Å². The van der Waals surface area contributed by atoms with Crippen molar-refractivity contribution < 1.29 is 0 Å². The Hall–Kier alpha value is -8.84. The number of rotatable bonds is 9. The summed E-state index contributed by atoms with van der Waals surface area (Å²) in [6.07, 6.45) is 1.87. The first-order valence-corrected chi connectivity index (χ1v) is 27.2. The Morgan fingerprint density at radius 2 is 0.842 bits per heavy atom. The molecule has 0 aromatic heterocycles. The Bertz CT molecular complexity index is 4250. The van der Waals surface area contributed by atoms with Crippen LogP contribution < -0.4 is 0 Å². The summed E-state index contributed by atoms with van der Waals surface area (Å²) in [5.41, 5.74) is 24.3. The van der Waals surface area contributed by atoms with Crippen molar-refractivity contribution in [2.45, 2.75) is 48.9 Å². The van der Waals surface area contributed by atoms with Gasteiger partial charge in [-0.3, -0.25) is 0 Å². The Morgan fingerprint density at radius 3 is 1.59 bits per heavy atom. The summed E-state index contributed by atoms with van der Waals surface area (Å²) in [6, 6.07) is 104. The van der Waals surface area contributed by atoms with Crippen LogP contribution in [-0.2, 0) is 22.7 Å². The van der Waals surface area contributed by atoms with Gasteiger partial charge in [-0.05, 0) is 146 Å². The van der Waals surface area contributed by atoms with Crippen molar-refractivity contribution in [3.05, 3.63) is 345 Å². The molecule has 0 fully saturated rings. The van der Waals surface area contributed by atoms with Crippen molar-refractivity contribution in [3.8, 4) is 33.4 Å². The Balaban J connectivity index is 0.879. The summed E-state index contributed by atoms with van der Waals surface area (Å²) in [4.78, 5) is 0. The fourth-order valence-electron chi connectivity index (χ4n) is 14.8. The molecule has 12 aromatic rings. The van der Waals surface area contributed by atoms with Crippen molar-refractivity contribution in [2.75, 3.05) is 0 Å². The standard InChI is InChI=1S/C76H56/c1-74(2)67-34-15-13-31-62(67)64-46-44-54(49-72(64)74)58(51-40-42-52(43-41-51)66-48-53-22-9-10-28-59(53)60-29-11-12-30-61(60)66)45-39-50-21-19-27-57(47-50)75(55-23-5-3-6-24-55)69-36-17-18-37-70(69)76(56-25-7-4-8-26-56)68-35-16-14-32-63(68)65-33-20-38-71(75)73(65)76/h3-38,40-44,46-49,58H,39,45H2,1-2H3/t58?,75-,76+/m1/s1. The van der Waals surface area contributed by atoms with E-state index in [2.05, 4.69) is 287 Å². The predicted molar refractivity (Wildman–Crippen MR) is 317 cm³/mol. The Labute approximate surface area is 446 Å². The summed E-state index contributed by atoms with van der Waals surface area (Å²) >= 11 is 0. The summed E-state index contributed by atoms with van der Waals surface area (Å²) in [5.74, 6) is 0.164. The second kappa shape index (κ2) is 17.1. The summed E-state index contributed by atoms with van der Waals surface area (Å²) < 4.78 is 0. The molecule has 3 aliphatic carbocycles. The minimum atomic E-state index is -0.595. The first-order valence-electron chi connectivity index (χ1n) is 27.2. The van der Waals surface area contributed by atoms with E-state index in [9.17, 15) is 0 Å². The maximum atomic E-state index is 2.56. The van der Waals surface area contributed by atoms with Gasteiger partial charge in [0.1, 0.15) is 0 Å². The Kier molecular flexibility index (Phi) is 10.0. The molecule has 0 saturated heterocycles. The molecule has 3 aliphatic rings. The van der Waals surface area contributed by atoms with Crippen LogP contribution in [0.4, 0.5) is 0 Å². The predicted octanol–water partition coefficient (Wildman–Crippen LogP) is 18.8. The van der Waals surface area contributed by atoms with Crippen molar-refractivity contribution in [3.63, 3.8) is 0 Å². The van der Waals surface area contributed by atoms with Gasteiger partial charge < -0.3 is 0 Å². The Morgan fingerprint density at radius 1 is 0.316 bits per heavy atom. The highest BCUT2D eigenvalue weighted by atomic mass is 14.6. The van der Waals surface area contributed by atoms with Crippen LogP contribution >= 0.6 is 0 Å². The molecule has 0 nitrogen and oxygen atoms in total. The molecule has 0 aliphatic heterocycles. The van der Waals surface area contributed by atoms with Crippen LogP contribution in [0.2, 0.25) is 0 Å². The van der Waals surface area contributed by atoms with E-state index in [0.29, 0.717) is 0 Å². The van der Waals surface area contributed by atoms with Crippen molar-refractivity contribution in [1.82, 2.24) is 0 Å². The fourth-order valence-corrected chi connectivity index (χ4v) is 14.8. The molecule has 0 heterocycles. The van der Waals surface area contributed by atoms with E-state index in [0.717, 1.165) is 12.8 Å². The van der Waals surface area contributed by atoms with E-state index in [-0.39, 0.29) is 11.3 Å². The first kappa shape index (κ1) is 44.6. The summed E-state index contributed by atoms with van der Waals surface area (Å²) in [6.45, 7) is 4.81. The van der Waals surface area contributed by atoms with Crippen molar-refractivity contribution >= 4 is 21.5 Å². The average Bonchev–Trinajstić information content (AvgIpc) is 4.08. The lowest BCUT2D eigenvalue weighted by molar-refractivity contribution is 0.625. The van der Waals surface area contributed by atoms with Crippen molar-refractivity contribution in [2.24, 2.45) is 0 Å². The molecule has 0 bridgehead atoms. The molecule has 0 radical (unpaired) electrons. The van der Waals surface area contributed by atoms with Crippen molar-refractivity contribution in [1.29, 1.82) is 0 Å². The molecule has 12 aromatic carbocycles. The molecular weight excluding hydrogens is 913 g/mol. The SMILES string of the molecule is CC1(C)c2ccccc2-c2ccc(C(CCc3cccc([C@]4(c5ccccc5)c5ccccc5[C@]5(c6ccccc6)c6ccccc6-c6cccc4c65)c3)c3ccc(-c4cc5ccccc5c5ccccc45)cc3)cc21. The number of hydrogen-bond donors (Lipinski definition) is 0. The maximum Gasteiger partial charge on any atom is 0.0720 e. The number of fused-ring (bicyclic) bond motifs is 11. The molecule has 1 unspecified atom stereocenters. The largest absolute Gasteiger partial charge is 0.0720 e. The average molecular weight is 969 g/mol. The molecular formula is C76H56. The van der Waals surface area contributed by atoms with Crippen LogP contribution in [0.15, 0.2) is 273 Å². The van der Waals surface area contributed by atoms with E-state index < -0.39 is 10.8 Å². The second-order valence-electron chi connectivity index (χ2n) is 22.1. The molecule has 3 atom stereocenters. The van der Waals surface area contributed by atoms with Crippen LogP contribution in [0.25, 0.3) is 54.9 Å². The van der Waals surface area contributed by atoms with E-state index in [1.54, 1.807) is 0 Å². The van der Waals surface area contributed by atoms with Crippen LogP contribution in [-0.4, -0.2) is 0 Å². The topological polar surface area (TPSA) is 0 Å². The lowest BCUT2D eigenvalue weighted by atomic mass is 9.51. The number of hydrogen-bond acceptors (Lipinski definition) is 0. The number of aryl methyl sites for hydroxylation is 1. The summed E-state index contributed by atoms with van der Waals surface area (Å²) in [5, 5.41) is 5.15. The van der Waals surface area contributed by atoms with Crippen LogP contribution in [0.1, 0.15) is 98.5 Å². The zero-order valence-corrected chi connectivity index (χ0v) is 43.0. The normalized spacial score (nSPS) is 17.6. The third-order valence-corrected chi connectivity index (χ3v) is 18.1. The minimum Gasteiger partial charge on any atom is -0.0622 e. The third-order valence-electron chi connectivity index (χ3n) is 18.1. The molecule has 0 amide bonds. The molecule has 0 heteroatoms. The van der Waals surface area contributed by atoms with Gasteiger partial charge in [-0.1, -0.05) is 281 Å². The lowest BCUT2D eigenvalue weighted by Gasteiger charge is -2.49. The first-order chi connectivity index (χ1) is 37.5. The van der Waals surface area contributed by atoms with Crippen LogP contribution in [0, 0.1) is 0 Å². The highest BCUT2D eigenvalue weighted by Crippen LogP contribution is 2.66. The quantitative estimate of drug-likeness (QED) is 0.126. The zero-order valence-electron chi connectivity index (χ0n) is 43.0. The highest BCUT2D eigenvalue weighted by molar-refractivity contribution is 6.13. The van der Waals surface area contributed by atoms with E-state index in [1.807, 2.05) is 0 Å². The fraction of sp³-hybridized carbons (Fsp3) is 0.105. The van der Waals surface area contributed by atoms with Gasteiger partial charge in [0, 0.05) is 11.3 Å². The molecule has 0 N–H and O–H groups in total. The van der Waals surface area contributed by atoms with E-state index in [4.69, 9.17) is 0 Å². The van der Waals surface area contributed by atoms with E-state index in [1.165, 1.54) is 127 Å². The molecule has 15 rings (SSSR count). The van der Waals surface area contributed by atoms with Gasteiger partial charge in [-0.25, -0.2) is 0 Å². The molecule has 76 heavy (non-hydrogen) atoms. The monoisotopic (exact) mass is 968 g/mol. The lowest BCUT2D eigenvalue weighted by Crippen LogP contribution is -2.44. The van der Waals surface area contributed by atoms with Gasteiger partial charge in [-0.2, -0.15) is 0 Å². The van der Waals surface area contributed by atoms with Gasteiger partial charge in [0.25, 0.3) is 0 Å². The maximum absolute atomic E-state index is 2.56. The molecule has 0 saturated carbocycles. The molecule has 360 valence electrons. The third kappa shape index (κ3) is 6.31. The zero-order chi connectivity index (χ0) is 50.6. The van der Waals surface area contributed by atoms with Gasteiger partial charge in [-0.15, -0.1) is 0 Å².